The first-order valence-electron chi connectivity index (χ1n) is 9.40. The van der Waals surface area contributed by atoms with Crippen LogP contribution in [0.15, 0.2) is 29.3 Å². The van der Waals surface area contributed by atoms with Crippen LogP contribution in [0.25, 0.3) is 0 Å². The summed E-state index contributed by atoms with van der Waals surface area (Å²) in [5.74, 6) is -0.474. The molecule has 0 amide bonds. The van der Waals surface area contributed by atoms with Gasteiger partial charge in [0, 0.05) is 25.0 Å². The molecular weight excluding hydrogens is 410 g/mol. The molecule has 0 unspecified atom stereocenters. The van der Waals surface area contributed by atoms with Crippen molar-refractivity contribution in [2.45, 2.75) is 58.3 Å². The Morgan fingerprint density at radius 2 is 1.36 bits per heavy atom. The van der Waals surface area contributed by atoms with Gasteiger partial charge in [-0.2, -0.15) is 0 Å². The molecule has 0 bridgehead atoms. The molecule has 1 saturated carbocycles. The number of aliphatic carboxylic acids is 2. The minimum absolute atomic E-state index is 0. The van der Waals surface area contributed by atoms with Crippen LogP contribution >= 0.6 is 0 Å². The van der Waals surface area contributed by atoms with E-state index in [0.717, 1.165) is 44.5 Å². The normalized spacial score (nSPS) is 15.7. The van der Waals surface area contributed by atoms with Gasteiger partial charge in [0.25, 0.3) is 0 Å². The third-order valence-corrected chi connectivity index (χ3v) is 4.15. The number of carboxylic acids is 2. The topological polar surface area (TPSA) is 117 Å². The Morgan fingerprint density at radius 1 is 0.893 bits per heavy atom. The summed E-state index contributed by atoms with van der Waals surface area (Å²) in [6, 6.07) is 8.82. The van der Waals surface area contributed by atoms with Crippen molar-refractivity contribution in [1.29, 1.82) is 0 Å². The van der Waals surface area contributed by atoms with Crippen molar-refractivity contribution in [2.24, 2.45) is 4.99 Å². The van der Waals surface area contributed by atoms with E-state index in [0.29, 0.717) is 0 Å². The number of nitrogens with zero attached hydrogens (tertiary/aromatic N) is 1. The van der Waals surface area contributed by atoms with Gasteiger partial charge in [-0.1, -0.05) is 31.4 Å². The molecule has 1 saturated heterocycles. The molecule has 2 fully saturated rings. The molecule has 1 aromatic carbocycles. The number of carbonyl (C=O) groups excluding carboxylic acids is 2. The van der Waals surface area contributed by atoms with Crippen molar-refractivity contribution in [3.8, 4) is 0 Å². The zero-order valence-corrected chi connectivity index (χ0v) is 17.4. The fourth-order valence-electron chi connectivity index (χ4n) is 3.03. The number of nitrogens with one attached hydrogen (secondary N) is 2. The van der Waals surface area contributed by atoms with Crippen LogP contribution in [0.4, 0.5) is 5.69 Å². The van der Waals surface area contributed by atoms with Crippen molar-refractivity contribution < 1.29 is 36.9 Å². The molecule has 2 N–H and O–H groups in total. The van der Waals surface area contributed by atoms with Crippen molar-refractivity contribution >= 4 is 23.6 Å². The number of rotatable bonds is 2. The van der Waals surface area contributed by atoms with E-state index < -0.39 is 11.9 Å². The number of carbonyl (C=O) groups is 2. The Labute approximate surface area is 177 Å². The Bertz CT molecular complexity index is 586. The van der Waals surface area contributed by atoms with Crippen LogP contribution < -0.4 is 20.8 Å². The summed E-state index contributed by atoms with van der Waals surface area (Å²) in [6.45, 7) is 3.98. The van der Waals surface area contributed by atoms with Gasteiger partial charge in [-0.25, -0.2) is 4.99 Å². The second-order valence-corrected chi connectivity index (χ2v) is 6.58. The van der Waals surface area contributed by atoms with Gasteiger partial charge in [-0.05, 0) is 56.7 Å². The summed E-state index contributed by atoms with van der Waals surface area (Å²) in [5.41, 5.74) is 2.53. The first-order valence-corrected chi connectivity index (χ1v) is 9.40. The van der Waals surface area contributed by atoms with E-state index in [1.807, 2.05) is 0 Å². The minimum atomic E-state index is -1.08. The van der Waals surface area contributed by atoms with E-state index in [1.54, 1.807) is 0 Å². The maximum atomic E-state index is 8.89. The fourth-order valence-corrected chi connectivity index (χ4v) is 3.03. The van der Waals surface area contributed by atoms with Crippen molar-refractivity contribution in [3.63, 3.8) is 0 Å². The van der Waals surface area contributed by atoms with Crippen LogP contribution in [0, 0.1) is 0 Å². The Kier molecular flexibility index (Phi) is 13.8. The van der Waals surface area contributed by atoms with Gasteiger partial charge < -0.3 is 30.4 Å². The third kappa shape index (κ3) is 12.4. The van der Waals surface area contributed by atoms with Crippen LogP contribution in [0.3, 0.4) is 0 Å². The summed E-state index contributed by atoms with van der Waals surface area (Å²) in [5, 5.41) is 24.3. The van der Waals surface area contributed by atoms with Crippen molar-refractivity contribution in [1.82, 2.24) is 10.6 Å². The molecule has 7 nitrogen and oxygen atoms in total. The first kappa shape index (κ1) is 25.9. The first-order chi connectivity index (χ1) is 12.9. The van der Waals surface area contributed by atoms with Crippen LogP contribution in [0.1, 0.15) is 63.9 Å². The predicted octanol–water partition coefficient (Wildman–Crippen LogP) is 0.815. The molecule has 1 aliphatic carbocycles. The summed E-state index contributed by atoms with van der Waals surface area (Å²) in [4.78, 5) is 22.4. The van der Waals surface area contributed by atoms with Gasteiger partial charge in [0.1, 0.15) is 0 Å². The largest absolute Gasteiger partial charge is 2.00 e. The molecule has 1 aliphatic heterocycles. The molecule has 2 aliphatic rings. The number of benzene rings is 1. The Balaban J connectivity index is 0.000000697. The number of aliphatic imine (C=N–C) groups is 1. The Hall–Kier alpha value is -2.05. The standard InChI is InChI=1S/C16H23N3.2C2H4O2.Cu/c1-2-5-13(6-3-1)14-7-9-15(10-8-14)19-16-17-11-4-12-18-16;2*1-2(3)4;/h7-10,13H,1-6,11-12H2,(H2,17,18,19);2*1H3,(H,3,4);/q;;;+2/p-2. The van der Waals surface area contributed by atoms with Crippen molar-refractivity contribution in [3.05, 3.63) is 29.8 Å². The minimum Gasteiger partial charge on any atom is -0.550 e. The van der Waals surface area contributed by atoms with Crippen molar-refractivity contribution in [2.75, 3.05) is 13.1 Å². The molecule has 8 heteroatoms. The zero-order chi connectivity index (χ0) is 20.1. The average molecular weight is 439 g/mol. The predicted molar refractivity (Wildman–Crippen MR) is 101 cm³/mol. The van der Waals surface area contributed by atoms with Gasteiger partial charge in [-0.3, -0.25) is 0 Å². The van der Waals surface area contributed by atoms with Crippen LogP contribution in [0.5, 0.6) is 0 Å². The van der Waals surface area contributed by atoms with E-state index in [-0.39, 0.29) is 17.1 Å². The molecule has 1 aromatic rings. The molecule has 0 atom stereocenters. The SMILES string of the molecule is CC(=O)[O-].CC(=O)[O-].[Cu+2].c1cc(C2CCCCC2)ccc1N=C1NCCCN1. The number of carboxylic acid groups (broad SMARTS) is 2. The van der Waals surface area contributed by atoms with Gasteiger partial charge in [0.15, 0.2) is 5.96 Å². The average Bonchev–Trinajstić information content (AvgIpc) is 2.63. The van der Waals surface area contributed by atoms with Crippen LogP contribution in [0.2, 0.25) is 0 Å². The van der Waals surface area contributed by atoms with E-state index in [4.69, 9.17) is 19.8 Å². The summed E-state index contributed by atoms with van der Waals surface area (Å²) in [6.07, 6.45) is 8.08. The van der Waals surface area contributed by atoms with Crippen LogP contribution in [-0.4, -0.2) is 31.0 Å². The molecule has 1 heterocycles. The van der Waals surface area contributed by atoms with E-state index in [2.05, 4.69) is 39.9 Å². The molecule has 159 valence electrons. The molecule has 0 spiro atoms. The molecular formula is C20H29CuN3O4. The van der Waals surface area contributed by atoms with E-state index in [9.17, 15) is 0 Å². The van der Waals surface area contributed by atoms with Gasteiger partial charge in [-0.15, -0.1) is 0 Å². The molecule has 3 rings (SSSR count). The Morgan fingerprint density at radius 3 is 1.82 bits per heavy atom. The third-order valence-electron chi connectivity index (χ3n) is 4.15. The molecule has 1 radical (unpaired) electrons. The van der Waals surface area contributed by atoms with Crippen LogP contribution in [-0.2, 0) is 26.7 Å². The summed E-state index contributed by atoms with van der Waals surface area (Å²) in [7, 11) is 0. The summed E-state index contributed by atoms with van der Waals surface area (Å²) >= 11 is 0. The van der Waals surface area contributed by atoms with Gasteiger partial charge in [0.2, 0.25) is 0 Å². The number of hydrogen-bond donors (Lipinski definition) is 2. The second kappa shape index (κ2) is 14.9. The second-order valence-electron chi connectivity index (χ2n) is 6.58. The number of hydrogen-bond acceptors (Lipinski definition) is 5. The van der Waals surface area contributed by atoms with E-state index in [1.165, 1.54) is 44.1 Å². The fraction of sp³-hybridized carbons (Fsp3) is 0.550. The molecule has 28 heavy (non-hydrogen) atoms. The maximum absolute atomic E-state index is 8.89. The van der Waals surface area contributed by atoms with E-state index >= 15 is 0 Å². The summed E-state index contributed by atoms with van der Waals surface area (Å²) < 4.78 is 0. The maximum Gasteiger partial charge on any atom is 2.00 e. The van der Waals surface area contributed by atoms with Gasteiger partial charge in [0.05, 0.1) is 5.69 Å². The quantitative estimate of drug-likeness (QED) is 0.660. The number of guanidine groups is 1. The van der Waals surface area contributed by atoms with Gasteiger partial charge >= 0.3 is 17.1 Å². The molecule has 0 aromatic heterocycles. The zero-order valence-electron chi connectivity index (χ0n) is 16.4. The monoisotopic (exact) mass is 438 g/mol. The smallest absolute Gasteiger partial charge is 0.550 e.